The van der Waals surface area contributed by atoms with Crippen molar-refractivity contribution in [2.45, 2.75) is 37.1 Å². The van der Waals surface area contributed by atoms with Crippen molar-refractivity contribution in [2.24, 2.45) is 0 Å². The van der Waals surface area contributed by atoms with Crippen molar-refractivity contribution in [1.82, 2.24) is 5.06 Å². The molecule has 1 aromatic carbocycles. The van der Waals surface area contributed by atoms with Gasteiger partial charge in [-0.05, 0) is 44.0 Å². The van der Waals surface area contributed by atoms with Gasteiger partial charge >= 0.3 is 0 Å². The van der Waals surface area contributed by atoms with Gasteiger partial charge in [0.1, 0.15) is 12.4 Å². The molecule has 118 valence electrons. The smallest absolute Gasteiger partial charge is 0.175 e. The van der Waals surface area contributed by atoms with E-state index >= 15 is 0 Å². The summed E-state index contributed by atoms with van der Waals surface area (Å²) >= 11 is 0. The third kappa shape index (κ3) is 4.69. The molecule has 1 heterocycles. The molecule has 1 atom stereocenters. The van der Waals surface area contributed by atoms with E-state index in [0.717, 1.165) is 19.4 Å². The van der Waals surface area contributed by atoms with E-state index < -0.39 is 9.84 Å². The van der Waals surface area contributed by atoms with Gasteiger partial charge in [-0.1, -0.05) is 6.42 Å². The molecule has 6 heteroatoms. The van der Waals surface area contributed by atoms with Crippen LogP contribution < -0.4 is 4.74 Å². The summed E-state index contributed by atoms with van der Waals surface area (Å²) in [5.41, 5.74) is 0. The lowest BCUT2D eigenvalue weighted by molar-refractivity contribution is -0.199. The molecule has 5 nitrogen and oxygen atoms in total. The highest BCUT2D eigenvalue weighted by Crippen LogP contribution is 2.20. The fourth-order valence-electron chi connectivity index (χ4n) is 2.45. The highest BCUT2D eigenvalue weighted by Gasteiger charge is 2.23. The summed E-state index contributed by atoms with van der Waals surface area (Å²) in [4.78, 5) is 5.93. The fraction of sp³-hybridized carbons (Fsp3) is 0.600. The minimum atomic E-state index is -3.15. The van der Waals surface area contributed by atoms with E-state index in [1.165, 1.54) is 12.7 Å². The first-order valence-corrected chi connectivity index (χ1v) is 9.22. The van der Waals surface area contributed by atoms with E-state index in [0.29, 0.717) is 23.9 Å². The Morgan fingerprint density at radius 2 is 1.95 bits per heavy atom. The number of hydrogen-bond donors (Lipinski definition) is 0. The quantitative estimate of drug-likeness (QED) is 0.806. The predicted molar refractivity (Wildman–Crippen MR) is 81.0 cm³/mol. The molecule has 0 aliphatic carbocycles. The molecule has 0 saturated carbocycles. The Morgan fingerprint density at radius 3 is 2.57 bits per heavy atom. The third-order valence-electron chi connectivity index (χ3n) is 3.56. The Bertz CT molecular complexity index is 539. The molecule has 0 amide bonds. The molecular weight excluding hydrogens is 290 g/mol. The zero-order valence-electron chi connectivity index (χ0n) is 12.6. The van der Waals surface area contributed by atoms with E-state index in [1.54, 1.807) is 24.3 Å². The first kappa shape index (κ1) is 16.3. The van der Waals surface area contributed by atoms with Crippen molar-refractivity contribution < 1.29 is 18.0 Å². The number of sulfone groups is 1. The SMILES string of the molecule is CCON1CCCC[C@H]1COc1ccc(S(C)(=O)=O)cc1. The van der Waals surface area contributed by atoms with Crippen LogP contribution in [0.15, 0.2) is 29.2 Å². The highest BCUT2D eigenvalue weighted by atomic mass is 32.2. The average Bonchev–Trinajstić information content (AvgIpc) is 2.46. The van der Waals surface area contributed by atoms with Crippen molar-refractivity contribution in [2.75, 3.05) is 26.0 Å². The first-order chi connectivity index (χ1) is 10.0. The van der Waals surface area contributed by atoms with Crippen LogP contribution in [-0.4, -0.2) is 45.5 Å². The molecule has 0 unspecified atom stereocenters. The molecular formula is C15H23NO4S. The lowest BCUT2D eigenvalue weighted by Gasteiger charge is -2.34. The maximum absolute atomic E-state index is 11.4. The average molecular weight is 313 g/mol. The summed E-state index contributed by atoms with van der Waals surface area (Å²) in [5, 5.41) is 2.01. The lowest BCUT2D eigenvalue weighted by atomic mass is 10.1. The van der Waals surface area contributed by atoms with Gasteiger partial charge in [-0.25, -0.2) is 8.42 Å². The standard InChI is InChI=1S/C15H23NO4S/c1-3-20-16-11-5-4-6-13(16)12-19-14-7-9-15(10-8-14)21(2,17)18/h7-10,13H,3-6,11-12H2,1-2H3/t13-/m0/s1. The van der Waals surface area contributed by atoms with Gasteiger partial charge in [0.2, 0.25) is 0 Å². The molecule has 0 N–H and O–H groups in total. The summed E-state index contributed by atoms with van der Waals surface area (Å²) in [7, 11) is -3.15. The van der Waals surface area contributed by atoms with E-state index in [4.69, 9.17) is 9.57 Å². The number of hydrogen-bond acceptors (Lipinski definition) is 5. The van der Waals surface area contributed by atoms with Crippen LogP contribution >= 0.6 is 0 Å². The van der Waals surface area contributed by atoms with Gasteiger partial charge in [-0.15, -0.1) is 0 Å². The van der Waals surface area contributed by atoms with Gasteiger partial charge in [0, 0.05) is 12.8 Å². The molecule has 1 saturated heterocycles. The summed E-state index contributed by atoms with van der Waals surface area (Å²) in [6.45, 7) is 4.14. The second-order valence-electron chi connectivity index (χ2n) is 5.26. The Balaban J connectivity index is 1.92. The van der Waals surface area contributed by atoms with Crippen molar-refractivity contribution in [3.63, 3.8) is 0 Å². The largest absolute Gasteiger partial charge is 0.492 e. The van der Waals surface area contributed by atoms with Crippen LogP contribution in [0.3, 0.4) is 0 Å². The molecule has 0 aromatic heterocycles. The van der Waals surface area contributed by atoms with E-state index in [2.05, 4.69) is 0 Å². The van der Waals surface area contributed by atoms with Gasteiger partial charge in [-0.2, -0.15) is 5.06 Å². The summed E-state index contributed by atoms with van der Waals surface area (Å²) in [6, 6.07) is 6.81. The number of rotatable bonds is 6. The minimum Gasteiger partial charge on any atom is -0.492 e. The Labute approximate surface area is 126 Å². The van der Waals surface area contributed by atoms with E-state index in [9.17, 15) is 8.42 Å². The normalized spacial score (nSPS) is 20.4. The summed E-state index contributed by atoms with van der Waals surface area (Å²) < 4.78 is 28.6. The molecule has 1 aliphatic heterocycles. The van der Waals surface area contributed by atoms with Gasteiger partial charge in [-0.3, -0.25) is 4.84 Å². The molecule has 1 aromatic rings. The minimum absolute atomic E-state index is 0.258. The number of benzene rings is 1. The molecule has 2 rings (SSSR count). The summed E-state index contributed by atoms with van der Waals surface area (Å²) in [5.74, 6) is 0.685. The Morgan fingerprint density at radius 1 is 1.24 bits per heavy atom. The third-order valence-corrected chi connectivity index (χ3v) is 4.69. The van der Waals surface area contributed by atoms with Crippen LogP contribution in [0.1, 0.15) is 26.2 Å². The molecule has 0 spiro atoms. The van der Waals surface area contributed by atoms with Gasteiger partial charge in [0.15, 0.2) is 9.84 Å². The molecule has 0 radical (unpaired) electrons. The molecule has 0 bridgehead atoms. The molecule has 1 fully saturated rings. The first-order valence-electron chi connectivity index (χ1n) is 7.33. The Kier molecular flexibility index (Phi) is 5.61. The van der Waals surface area contributed by atoms with Crippen molar-refractivity contribution in [3.05, 3.63) is 24.3 Å². The second kappa shape index (κ2) is 7.24. The number of nitrogens with zero attached hydrogens (tertiary/aromatic N) is 1. The van der Waals surface area contributed by atoms with Gasteiger partial charge < -0.3 is 4.74 Å². The number of hydroxylamine groups is 2. The van der Waals surface area contributed by atoms with Crippen LogP contribution in [0.5, 0.6) is 5.75 Å². The number of piperidine rings is 1. The zero-order valence-corrected chi connectivity index (χ0v) is 13.4. The molecule has 1 aliphatic rings. The monoisotopic (exact) mass is 313 g/mol. The lowest BCUT2D eigenvalue weighted by Crippen LogP contribution is -2.43. The number of ether oxygens (including phenoxy) is 1. The van der Waals surface area contributed by atoms with Crippen LogP contribution in [0.2, 0.25) is 0 Å². The van der Waals surface area contributed by atoms with E-state index in [1.807, 2.05) is 12.0 Å². The maximum Gasteiger partial charge on any atom is 0.175 e. The van der Waals surface area contributed by atoms with Crippen molar-refractivity contribution in [3.8, 4) is 5.75 Å². The highest BCUT2D eigenvalue weighted by molar-refractivity contribution is 7.90. The maximum atomic E-state index is 11.4. The van der Waals surface area contributed by atoms with Crippen LogP contribution in [0, 0.1) is 0 Å². The second-order valence-corrected chi connectivity index (χ2v) is 7.28. The predicted octanol–water partition coefficient (Wildman–Crippen LogP) is 2.27. The molecule has 21 heavy (non-hydrogen) atoms. The van der Waals surface area contributed by atoms with Crippen LogP contribution in [0.25, 0.3) is 0 Å². The fourth-order valence-corrected chi connectivity index (χ4v) is 3.08. The Hall–Kier alpha value is -1.11. The van der Waals surface area contributed by atoms with Crippen LogP contribution in [0.4, 0.5) is 0 Å². The van der Waals surface area contributed by atoms with Crippen molar-refractivity contribution in [1.29, 1.82) is 0 Å². The topological polar surface area (TPSA) is 55.8 Å². The van der Waals surface area contributed by atoms with Crippen molar-refractivity contribution >= 4 is 9.84 Å². The zero-order chi connectivity index (χ0) is 15.3. The van der Waals surface area contributed by atoms with Gasteiger partial charge in [0.05, 0.1) is 17.5 Å². The van der Waals surface area contributed by atoms with Gasteiger partial charge in [0.25, 0.3) is 0 Å². The van der Waals surface area contributed by atoms with Crippen LogP contribution in [-0.2, 0) is 14.7 Å². The van der Waals surface area contributed by atoms with E-state index in [-0.39, 0.29) is 6.04 Å². The summed E-state index contributed by atoms with van der Waals surface area (Å²) in [6.07, 6.45) is 4.59.